The summed E-state index contributed by atoms with van der Waals surface area (Å²) in [6, 6.07) is 0. The lowest BCUT2D eigenvalue weighted by molar-refractivity contribution is 0.160. The summed E-state index contributed by atoms with van der Waals surface area (Å²) >= 11 is 6.30. The molecule has 0 saturated carbocycles. The van der Waals surface area contributed by atoms with E-state index in [0.29, 0.717) is 0 Å². The maximum Gasteiger partial charge on any atom is 0.0860 e. The molecule has 2 rings (SSSR count). The normalized spacial score (nSPS) is 21.4. The molecular weight excluding hydrogens is 248 g/mol. The van der Waals surface area contributed by atoms with Crippen LogP contribution in [0.5, 0.6) is 0 Å². The number of hydrogen-bond acceptors (Lipinski definition) is 3. The van der Waals surface area contributed by atoms with Gasteiger partial charge in [0, 0.05) is 20.1 Å². The zero-order valence-electron chi connectivity index (χ0n) is 11.3. The standard InChI is InChI=1S/C13H23ClN4/c1-10-13(14)12(17(2)16-10)9-18-7-3-4-11(8-18)5-6-15/h11H,3-9,15H2,1-2H3. The molecule has 5 heteroatoms. The van der Waals surface area contributed by atoms with Crippen molar-refractivity contribution in [3.8, 4) is 0 Å². The average Bonchev–Trinajstić information content (AvgIpc) is 2.57. The van der Waals surface area contributed by atoms with Crippen LogP contribution in [0.15, 0.2) is 0 Å². The van der Waals surface area contributed by atoms with Crippen LogP contribution in [0.1, 0.15) is 30.7 Å². The molecule has 2 heterocycles. The Morgan fingerprint density at radius 1 is 1.50 bits per heavy atom. The van der Waals surface area contributed by atoms with Crippen LogP contribution in [-0.2, 0) is 13.6 Å². The molecule has 0 aliphatic carbocycles. The fourth-order valence-corrected chi connectivity index (χ4v) is 3.05. The van der Waals surface area contributed by atoms with Gasteiger partial charge >= 0.3 is 0 Å². The Hall–Kier alpha value is -0.580. The van der Waals surface area contributed by atoms with Crippen molar-refractivity contribution in [2.24, 2.45) is 18.7 Å². The van der Waals surface area contributed by atoms with Crippen molar-refractivity contribution < 1.29 is 0 Å². The Morgan fingerprint density at radius 3 is 2.89 bits per heavy atom. The molecule has 0 bridgehead atoms. The summed E-state index contributed by atoms with van der Waals surface area (Å²) in [5.41, 5.74) is 7.70. The summed E-state index contributed by atoms with van der Waals surface area (Å²) in [5.74, 6) is 0.747. The highest BCUT2D eigenvalue weighted by Gasteiger charge is 2.21. The molecule has 0 aromatic carbocycles. The van der Waals surface area contributed by atoms with Gasteiger partial charge in [0.15, 0.2) is 0 Å². The van der Waals surface area contributed by atoms with E-state index in [2.05, 4.69) is 10.00 Å². The minimum absolute atomic E-state index is 0.747. The molecule has 4 nitrogen and oxygen atoms in total. The van der Waals surface area contributed by atoms with Gasteiger partial charge in [-0.1, -0.05) is 11.6 Å². The Labute approximate surface area is 114 Å². The molecular formula is C13H23ClN4. The first-order valence-corrected chi connectivity index (χ1v) is 7.10. The van der Waals surface area contributed by atoms with Gasteiger partial charge in [-0.3, -0.25) is 9.58 Å². The summed E-state index contributed by atoms with van der Waals surface area (Å²) in [6.45, 7) is 5.94. The van der Waals surface area contributed by atoms with E-state index in [0.717, 1.165) is 54.9 Å². The minimum Gasteiger partial charge on any atom is -0.330 e. The topological polar surface area (TPSA) is 47.1 Å². The Bertz CT molecular complexity index is 400. The molecule has 0 spiro atoms. The average molecular weight is 271 g/mol. The highest BCUT2D eigenvalue weighted by Crippen LogP contribution is 2.24. The van der Waals surface area contributed by atoms with E-state index in [1.165, 1.54) is 12.8 Å². The third-order valence-corrected chi connectivity index (χ3v) is 4.30. The Kier molecular flexibility index (Phi) is 4.65. The van der Waals surface area contributed by atoms with Gasteiger partial charge in [-0.2, -0.15) is 5.10 Å². The lowest BCUT2D eigenvalue weighted by atomic mass is 9.95. The van der Waals surface area contributed by atoms with Gasteiger partial charge in [0.2, 0.25) is 0 Å². The van der Waals surface area contributed by atoms with E-state index in [4.69, 9.17) is 17.3 Å². The molecule has 0 radical (unpaired) electrons. The largest absolute Gasteiger partial charge is 0.330 e. The zero-order valence-corrected chi connectivity index (χ0v) is 12.1. The third-order valence-electron chi connectivity index (χ3n) is 3.81. The van der Waals surface area contributed by atoms with Crippen molar-refractivity contribution in [3.63, 3.8) is 0 Å². The molecule has 1 atom stereocenters. The van der Waals surface area contributed by atoms with Crippen LogP contribution < -0.4 is 5.73 Å². The highest BCUT2D eigenvalue weighted by atomic mass is 35.5. The fourth-order valence-electron chi connectivity index (χ4n) is 2.83. The summed E-state index contributed by atoms with van der Waals surface area (Å²) in [7, 11) is 1.97. The molecule has 2 N–H and O–H groups in total. The van der Waals surface area contributed by atoms with Gasteiger partial charge in [-0.25, -0.2) is 0 Å². The van der Waals surface area contributed by atoms with Crippen molar-refractivity contribution in [2.45, 2.75) is 32.7 Å². The van der Waals surface area contributed by atoms with Gasteiger partial charge in [-0.15, -0.1) is 0 Å². The van der Waals surface area contributed by atoms with Gasteiger partial charge in [0.25, 0.3) is 0 Å². The number of halogens is 1. The van der Waals surface area contributed by atoms with Crippen molar-refractivity contribution in [3.05, 3.63) is 16.4 Å². The monoisotopic (exact) mass is 270 g/mol. The molecule has 1 aromatic heterocycles. The summed E-state index contributed by atoms with van der Waals surface area (Å²) in [5, 5.41) is 5.19. The predicted molar refractivity (Wildman–Crippen MR) is 74.6 cm³/mol. The number of rotatable bonds is 4. The molecule has 102 valence electrons. The summed E-state index contributed by atoms with van der Waals surface area (Å²) < 4.78 is 1.91. The number of aromatic nitrogens is 2. The number of aryl methyl sites for hydroxylation is 2. The summed E-state index contributed by atoms with van der Waals surface area (Å²) in [4.78, 5) is 2.48. The lowest BCUT2D eigenvalue weighted by Gasteiger charge is -2.32. The lowest BCUT2D eigenvalue weighted by Crippen LogP contribution is -2.36. The second-order valence-electron chi connectivity index (χ2n) is 5.29. The Balaban J connectivity index is 2.00. The van der Waals surface area contributed by atoms with Crippen molar-refractivity contribution >= 4 is 11.6 Å². The second-order valence-corrected chi connectivity index (χ2v) is 5.67. The van der Waals surface area contributed by atoms with Gasteiger partial charge in [0.05, 0.1) is 16.4 Å². The maximum absolute atomic E-state index is 6.30. The van der Waals surface area contributed by atoms with Gasteiger partial charge in [-0.05, 0) is 45.2 Å². The van der Waals surface area contributed by atoms with E-state index >= 15 is 0 Å². The number of nitrogens with two attached hydrogens (primary N) is 1. The number of piperidine rings is 1. The van der Waals surface area contributed by atoms with Crippen LogP contribution in [0.25, 0.3) is 0 Å². The summed E-state index contributed by atoms with van der Waals surface area (Å²) in [6.07, 6.45) is 3.71. The van der Waals surface area contributed by atoms with Gasteiger partial charge < -0.3 is 5.73 Å². The predicted octanol–water partition coefficient (Wildman–Crippen LogP) is 1.94. The van der Waals surface area contributed by atoms with Crippen LogP contribution in [-0.4, -0.2) is 34.3 Å². The van der Waals surface area contributed by atoms with Crippen LogP contribution in [0.3, 0.4) is 0 Å². The third kappa shape index (κ3) is 3.05. The smallest absolute Gasteiger partial charge is 0.0860 e. The van der Waals surface area contributed by atoms with E-state index in [1.807, 2.05) is 18.7 Å². The molecule has 1 aliphatic heterocycles. The first-order chi connectivity index (χ1) is 8.61. The molecule has 1 fully saturated rings. The van der Waals surface area contributed by atoms with Crippen LogP contribution in [0, 0.1) is 12.8 Å². The number of likely N-dealkylation sites (tertiary alicyclic amines) is 1. The van der Waals surface area contributed by atoms with Crippen molar-refractivity contribution in [1.82, 2.24) is 14.7 Å². The number of hydrogen-bond donors (Lipinski definition) is 1. The van der Waals surface area contributed by atoms with Crippen molar-refractivity contribution in [2.75, 3.05) is 19.6 Å². The Morgan fingerprint density at radius 2 is 2.28 bits per heavy atom. The van der Waals surface area contributed by atoms with Crippen LogP contribution >= 0.6 is 11.6 Å². The first-order valence-electron chi connectivity index (χ1n) is 6.72. The second kappa shape index (κ2) is 6.04. The highest BCUT2D eigenvalue weighted by molar-refractivity contribution is 6.31. The van der Waals surface area contributed by atoms with Crippen LogP contribution in [0.4, 0.5) is 0 Å². The van der Waals surface area contributed by atoms with Gasteiger partial charge in [0.1, 0.15) is 0 Å². The number of nitrogens with zero attached hydrogens (tertiary/aromatic N) is 3. The van der Waals surface area contributed by atoms with E-state index in [1.54, 1.807) is 0 Å². The first kappa shape index (κ1) is 13.8. The zero-order chi connectivity index (χ0) is 13.1. The molecule has 0 amide bonds. The van der Waals surface area contributed by atoms with E-state index < -0.39 is 0 Å². The van der Waals surface area contributed by atoms with Crippen molar-refractivity contribution in [1.29, 1.82) is 0 Å². The fraction of sp³-hybridized carbons (Fsp3) is 0.769. The SMILES string of the molecule is Cc1nn(C)c(CN2CCCC(CCN)C2)c1Cl. The molecule has 1 saturated heterocycles. The minimum atomic E-state index is 0.747. The van der Waals surface area contributed by atoms with E-state index in [9.17, 15) is 0 Å². The molecule has 1 aliphatic rings. The maximum atomic E-state index is 6.30. The molecule has 1 unspecified atom stereocenters. The van der Waals surface area contributed by atoms with Crippen LogP contribution in [0.2, 0.25) is 5.02 Å². The quantitative estimate of drug-likeness (QED) is 0.910. The molecule has 18 heavy (non-hydrogen) atoms. The van der Waals surface area contributed by atoms with E-state index in [-0.39, 0.29) is 0 Å². The molecule has 1 aromatic rings.